The standard InChI is InChI=1S/C15H26N2O2/c1-5-6-11-16-12-7-9-13(10-8-12)17-14(18)19-15(2,3)4/h12-13,16H,7-11H2,1-4H3,(H,17,18). The molecule has 0 spiro atoms. The summed E-state index contributed by atoms with van der Waals surface area (Å²) in [5.74, 6) is 5.89. The molecule has 0 aromatic heterocycles. The Morgan fingerprint density at radius 1 is 1.21 bits per heavy atom. The van der Waals surface area contributed by atoms with Gasteiger partial charge in [0.1, 0.15) is 5.60 Å². The highest BCUT2D eigenvalue weighted by molar-refractivity contribution is 5.68. The van der Waals surface area contributed by atoms with E-state index in [0.717, 1.165) is 32.2 Å². The van der Waals surface area contributed by atoms with E-state index >= 15 is 0 Å². The summed E-state index contributed by atoms with van der Waals surface area (Å²) in [4.78, 5) is 11.7. The quantitative estimate of drug-likeness (QED) is 0.771. The first kappa shape index (κ1) is 15.8. The van der Waals surface area contributed by atoms with Crippen molar-refractivity contribution in [3.05, 3.63) is 0 Å². The second kappa shape index (κ2) is 7.40. The van der Waals surface area contributed by atoms with Gasteiger partial charge in [-0.1, -0.05) is 5.92 Å². The van der Waals surface area contributed by atoms with E-state index < -0.39 is 5.60 Å². The van der Waals surface area contributed by atoms with Gasteiger partial charge in [0.05, 0.1) is 6.54 Å². The Morgan fingerprint density at radius 2 is 1.79 bits per heavy atom. The minimum atomic E-state index is -0.429. The van der Waals surface area contributed by atoms with Gasteiger partial charge in [-0.15, -0.1) is 5.92 Å². The van der Waals surface area contributed by atoms with Crippen LogP contribution in [-0.4, -0.2) is 30.3 Å². The molecule has 0 atom stereocenters. The number of amides is 1. The molecule has 1 fully saturated rings. The summed E-state index contributed by atoms with van der Waals surface area (Å²) >= 11 is 0. The Kier molecular flexibility index (Phi) is 6.17. The van der Waals surface area contributed by atoms with Gasteiger partial charge in [0.25, 0.3) is 0 Å². The zero-order chi connectivity index (χ0) is 14.3. The maximum atomic E-state index is 11.7. The predicted molar refractivity (Wildman–Crippen MR) is 76.9 cm³/mol. The summed E-state index contributed by atoms with van der Waals surface area (Å²) in [6.45, 7) is 8.24. The first-order valence-corrected chi connectivity index (χ1v) is 7.03. The van der Waals surface area contributed by atoms with Crippen LogP contribution in [0, 0.1) is 11.8 Å². The van der Waals surface area contributed by atoms with E-state index in [-0.39, 0.29) is 12.1 Å². The van der Waals surface area contributed by atoms with Gasteiger partial charge in [-0.25, -0.2) is 4.79 Å². The molecular weight excluding hydrogens is 240 g/mol. The van der Waals surface area contributed by atoms with Gasteiger partial charge >= 0.3 is 6.09 Å². The number of ether oxygens (including phenoxy) is 1. The van der Waals surface area contributed by atoms with Gasteiger partial charge in [-0.3, -0.25) is 0 Å². The Balaban J connectivity index is 2.22. The summed E-state index contributed by atoms with van der Waals surface area (Å²) in [5, 5.41) is 6.36. The monoisotopic (exact) mass is 266 g/mol. The number of hydrogen-bond acceptors (Lipinski definition) is 3. The van der Waals surface area contributed by atoms with Crippen molar-refractivity contribution in [1.82, 2.24) is 10.6 Å². The average Bonchev–Trinajstić information content (AvgIpc) is 2.29. The third-order valence-corrected chi connectivity index (χ3v) is 3.10. The highest BCUT2D eigenvalue weighted by Gasteiger charge is 2.24. The van der Waals surface area contributed by atoms with Gasteiger partial charge in [0.2, 0.25) is 0 Å². The number of carbonyl (C=O) groups is 1. The summed E-state index contributed by atoms with van der Waals surface area (Å²) in [6.07, 6.45) is 3.84. The number of rotatable bonds is 3. The molecular formula is C15H26N2O2. The molecule has 1 amide bonds. The lowest BCUT2D eigenvalue weighted by Gasteiger charge is -2.30. The van der Waals surface area contributed by atoms with E-state index in [1.165, 1.54) is 0 Å². The number of alkyl carbamates (subject to hydrolysis) is 1. The minimum Gasteiger partial charge on any atom is -0.444 e. The molecule has 108 valence electrons. The number of hydrogen-bond donors (Lipinski definition) is 2. The van der Waals surface area contributed by atoms with Crippen LogP contribution in [0.2, 0.25) is 0 Å². The van der Waals surface area contributed by atoms with Crippen LogP contribution in [0.25, 0.3) is 0 Å². The average molecular weight is 266 g/mol. The van der Waals surface area contributed by atoms with E-state index in [1.54, 1.807) is 0 Å². The number of nitrogens with one attached hydrogen (secondary N) is 2. The lowest BCUT2D eigenvalue weighted by molar-refractivity contribution is 0.0490. The molecule has 0 aliphatic heterocycles. The van der Waals surface area contributed by atoms with E-state index in [4.69, 9.17) is 4.74 Å². The second-order valence-corrected chi connectivity index (χ2v) is 6.00. The highest BCUT2D eigenvalue weighted by Crippen LogP contribution is 2.19. The van der Waals surface area contributed by atoms with Crippen molar-refractivity contribution in [1.29, 1.82) is 0 Å². The van der Waals surface area contributed by atoms with Gasteiger partial charge in [-0.2, -0.15) is 0 Å². The minimum absolute atomic E-state index is 0.241. The zero-order valence-electron chi connectivity index (χ0n) is 12.5. The summed E-state index contributed by atoms with van der Waals surface area (Å²) in [7, 11) is 0. The highest BCUT2D eigenvalue weighted by atomic mass is 16.6. The Bertz CT molecular complexity index is 341. The molecule has 2 N–H and O–H groups in total. The van der Waals surface area contributed by atoms with Crippen LogP contribution in [0.15, 0.2) is 0 Å². The van der Waals surface area contributed by atoms with Crippen LogP contribution in [0.4, 0.5) is 4.79 Å². The molecule has 19 heavy (non-hydrogen) atoms. The molecule has 0 saturated heterocycles. The molecule has 4 nitrogen and oxygen atoms in total. The van der Waals surface area contributed by atoms with E-state index in [0.29, 0.717) is 6.04 Å². The molecule has 1 aliphatic rings. The molecule has 0 radical (unpaired) electrons. The van der Waals surface area contributed by atoms with Crippen molar-refractivity contribution in [2.45, 2.75) is 71.1 Å². The molecule has 0 aromatic rings. The van der Waals surface area contributed by atoms with Gasteiger partial charge in [-0.05, 0) is 53.4 Å². The summed E-state index contributed by atoms with van der Waals surface area (Å²) in [6, 6.07) is 0.766. The second-order valence-electron chi connectivity index (χ2n) is 6.00. The largest absolute Gasteiger partial charge is 0.444 e. The molecule has 0 heterocycles. The SMILES string of the molecule is CC#CCNC1CCC(NC(=O)OC(C)(C)C)CC1. The van der Waals surface area contributed by atoms with Crippen LogP contribution in [0.5, 0.6) is 0 Å². The van der Waals surface area contributed by atoms with Gasteiger partial charge < -0.3 is 15.4 Å². The normalized spacial score (nSPS) is 23.2. The Hall–Kier alpha value is -1.21. The van der Waals surface area contributed by atoms with Crippen molar-refractivity contribution in [2.75, 3.05) is 6.54 Å². The fraction of sp³-hybridized carbons (Fsp3) is 0.800. The topological polar surface area (TPSA) is 50.4 Å². The van der Waals surface area contributed by atoms with Crippen LogP contribution in [-0.2, 0) is 4.74 Å². The molecule has 1 rings (SSSR count). The maximum Gasteiger partial charge on any atom is 0.407 e. The smallest absolute Gasteiger partial charge is 0.407 e. The summed E-state index contributed by atoms with van der Waals surface area (Å²) in [5.41, 5.74) is -0.429. The van der Waals surface area contributed by atoms with Crippen molar-refractivity contribution >= 4 is 6.09 Å². The first-order valence-electron chi connectivity index (χ1n) is 7.03. The van der Waals surface area contributed by atoms with Crippen LogP contribution >= 0.6 is 0 Å². The van der Waals surface area contributed by atoms with Crippen LogP contribution in [0.1, 0.15) is 53.4 Å². The molecule has 4 heteroatoms. The molecule has 1 aliphatic carbocycles. The fourth-order valence-electron chi connectivity index (χ4n) is 2.20. The lowest BCUT2D eigenvalue weighted by Crippen LogP contribution is -2.44. The molecule has 0 bridgehead atoms. The third kappa shape index (κ3) is 7.07. The van der Waals surface area contributed by atoms with Crippen LogP contribution < -0.4 is 10.6 Å². The Labute approximate surface area is 116 Å². The third-order valence-electron chi connectivity index (χ3n) is 3.10. The predicted octanol–water partition coefficient (Wildman–Crippen LogP) is 2.44. The molecule has 1 saturated carbocycles. The van der Waals surface area contributed by atoms with Crippen molar-refractivity contribution < 1.29 is 9.53 Å². The van der Waals surface area contributed by atoms with Gasteiger partial charge in [0, 0.05) is 12.1 Å². The van der Waals surface area contributed by atoms with Gasteiger partial charge in [0.15, 0.2) is 0 Å². The zero-order valence-corrected chi connectivity index (χ0v) is 12.5. The van der Waals surface area contributed by atoms with E-state index in [9.17, 15) is 4.79 Å². The van der Waals surface area contributed by atoms with Crippen molar-refractivity contribution in [3.63, 3.8) is 0 Å². The van der Waals surface area contributed by atoms with Crippen molar-refractivity contribution in [2.24, 2.45) is 0 Å². The lowest BCUT2D eigenvalue weighted by atomic mass is 9.91. The van der Waals surface area contributed by atoms with E-state index in [2.05, 4.69) is 22.5 Å². The maximum absolute atomic E-state index is 11.7. The molecule has 0 unspecified atom stereocenters. The molecule has 0 aromatic carbocycles. The number of carbonyl (C=O) groups excluding carboxylic acids is 1. The van der Waals surface area contributed by atoms with E-state index in [1.807, 2.05) is 27.7 Å². The van der Waals surface area contributed by atoms with Crippen LogP contribution in [0.3, 0.4) is 0 Å². The first-order chi connectivity index (χ1) is 8.90. The Morgan fingerprint density at radius 3 is 2.32 bits per heavy atom. The fourth-order valence-corrected chi connectivity index (χ4v) is 2.20. The summed E-state index contributed by atoms with van der Waals surface area (Å²) < 4.78 is 5.26. The van der Waals surface area contributed by atoms with Crippen molar-refractivity contribution in [3.8, 4) is 11.8 Å².